The molecule has 0 amide bonds. The smallest absolute Gasteiger partial charge is 0.189 e. The minimum absolute atomic E-state index is 0.169. The Morgan fingerprint density at radius 2 is 1.94 bits per heavy atom. The summed E-state index contributed by atoms with van der Waals surface area (Å²) in [6, 6.07) is 10.4. The predicted octanol–water partition coefficient (Wildman–Crippen LogP) is 5.39. The zero-order chi connectivity index (χ0) is 22.1. The number of unbranched alkanes of at least 4 members (excludes halogenated alkanes) is 1. The van der Waals surface area contributed by atoms with E-state index in [1.807, 2.05) is 0 Å². The minimum atomic E-state index is -0.169. The van der Waals surface area contributed by atoms with E-state index in [-0.39, 0.29) is 5.78 Å². The number of halogens is 2. The van der Waals surface area contributed by atoms with Crippen molar-refractivity contribution in [3.63, 3.8) is 0 Å². The maximum atomic E-state index is 12.8. The molecule has 0 spiro atoms. The number of ether oxygens (including phenoxy) is 3. The second-order valence-corrected chi connectivity index (χ2v) is 8.08. The predicted molar refractivity (Wildman–Crippen MR) is 125 cm³/mol. The summed E-state index contributed by atoms with van der Waals surface area (Å²) in [6.07, 6.45) is 5.10. The molecule has 7 heteroatoms. The summed E-state index contributed by atoms with van der Waals surface area (Å²) in [5, 5.41) is 1.04. The number of morpholine rings is 1. The van der Waals surface area contributed by atoms with Crippen molar-refractivity contribution in [2.24, 2.45) is 0 Å². The van der Waals surface area contributed by atoms with Crippen LogP contribution >= 0.6 is 23.2 Å². The average molecular weight is 464 g/mol. The van der Waals surface area contributed by atoms with Crippen molar-refractivity contribution in [1.82, 2.24) is 4.90 Å². The molecule has 0 bridgehead atoms. The molecule has 0 N–H and O–H groups in total. The van der Waals surface area contributed by atoms with Crippen molar-refractivity contribution in [2.75, 3.05) is 46.6 Å². The van der Waals surface area contributed by atoms with Gasteiger partial charge in [0.25, 0.3) is 0 Å². The second-order valence-electron chi connectivity index (χ2n) is 7.24. The van der Waals surface area contributed by atoms with Gasteiger partial charge in [-0.1, -0.05) is 29.3 Å². The zero-order valence-corrected chi connectivity index (χ0v) is 19.1. The van der Waals surface area contributed by atoms with E-state index in [0.29, 0.717) is 33.7 Å². The van der Waals surface area contributed by atoms with Gasteiger partial charge in [-0.05, 0) is 61.4 Å². The Morgan fingerprint density at radius 3 is 2.68 bits per heavy atom. The molecule has 1 fully saturated rings. The Labute approximate surface area is 193 Å². The van der Waals surface area contributed by atoms with Gasteiger partial charge in [0.2, 0.25) is 0 Å². The van der Waals surface area contributed by atoms with E-state index in [0.717, 1.165) is 51.3 Å². The number of nitrogens with zero attached hydrogens (tertiary/aromatic N) is 1. The lowest BCUT2D eigenvalue weighted by Crippen LogP contribution is -2.36. The molecule has 0 saturated carbocycles. The molecule has 0 aromatic heterocycles. The summed E-state index contributed by atoms with van der Waals surface area (Å²) < 4.78 is 16.6. The normalized spacial score (nSPS) is 14.7. The highest BCUT2D eigenvalue weighted by Crippen LogP contribution is 2.27. The number of benzene rings is 2. The molecule has 2 aromatic rings. The number of rotatable bonds is 10. The van der Waals surface area contributed by atoms with E-state index in [1.165, 1.54) is 6.08 Å². The van der Waals surface area contributed by atoms with Gasteiger partial charge in [0.15, 0.2) is 5.78 Å². The Morgan fingerprint density at radius 1 is 1.13 bits per heavy atom. The molecule has 1 aliphatic rings. The lowest BCUT2D eigenvalue weighted by Gasteiger charge is -2.26. The third-order valence-corrected chi connectivity index (χ3v) is 5.62. The number of hydrogen-bond acceptors (Lipinski definition) is 5. The van der Waals surface area contributed by atoms with Gasteiger partial charge >= 0.3 is 0 Å². The van der Waals surface area contributed by atoms with Crippen LogP contribution in [0.1, 0.15) is 28.8 Å². The maximum absolute atomic E-state index is 12.8. The number of allylic oxidation sites excluding steroid dienone is 1. The standard InChI is InChI=1S/C24H27Cl2NO4/c1-29-20-7-8-21(23(28)9-5-18-4-6-19(25)16-22(18)26)24(17-20)31-13-3-2-10-27-11-14-30-15-12-27/h4-9,16-17H,2-3,10-15H2,1H3. The van der Waals surface area contributed by atoms with Crippen LogP contribution in [-0.4, -0.2) is 57.2 Å². The van der Waals surface area contributed by atoms with Crippen molar-refractivity contribution in [1.29, 1.82) is 0 Å². The van der Waals surface area contributed by atoms with Gasteiger partial charge in [-0.3, -0.25) is 9.69 Å². The van der Waals surface area contributed by atoms with Gasteiger partial charge in [-0.2, -0.15) is 0 Å². The topological polar surface area (TPSA) is 48.0 Å². The maximum Gasteiger partial charge on any atom is 0.189 e. The van der Waals surface area contributed by atoms with Crippen molar-refractivity contribution in [2.45, 2.75) is 12.8 Å². The Bertz CT molecular complexity index is 910. The van der Waals surface area contributed by atoms with Crippen LogP contribution in [0.4, 0.5) is 0 Å². The molecule has 5 nitrogen and oxygen atoms in total. The SMILES string of the molecule is COc1ccc(C(=O)C=Cc2ccc(Cl)cc2Cl)c(OCCCCN2CCOCC2)c1. The monoisotopic (exact) mass is 463 g/mol. The molecule has 0 atom stereocenters. The largest absolute Gasteiger partial charge is 0.497 e. The van der Waals surface area contributed by atoms with Crippen molar-refractivity contribution in [3.8, 4) is 11.5 Å². The lowest BCUT2D eigenvalue weighted by atomic mass is 10.1. The van der Waals surface area contributed by atoms with E-state index in [1.54, 1.807) is 49.6 Å². The van der Waals surface area contributed by atoms with Crippen LogP contribution in [0.25, 0.3) is 6.08 Å². The van der Waals surface area contributed by atoms with Gasteiger partial charge in [0, 0.05) is 29.2 Å². The fourth-order valence-electron chi connectivity index (χ4n) is 3.29. The van der Waals surface area contributed by atoms with Gasteiger partial charge in [0.05, 0.1) is 32.5 Å². The summed E-state index contributed by atoms with van der Waals surface area (Å²) in [4.78, 5) is 15.2. The first kappa shape index (κ1) is 23.6. The summed E-state index contributed by atoms with van der Waals surface area (Å²) in [5.41, 5.74) is 1.20. The van der Waals surface area contributed by atoms with E-state index >= 15 is 0 Å². The molecule has 2 aromatic carbocycles. The number of carbonyl (C=O) groups is 1. The third-order valence-electron chi connectivity index (χ3n) is 5.06. The van der Waals surface area contributed by atoms with Crippen molar-refractivity contribution >= 4 is 35.1 Å². The first-order valence-electron chi connectivity index (χ1n) is 10.4. The Kier molecular flexibility index (Phi) is 9.22. The fraction of sp³-hybridized carbons (Fsp3) is 0.375. The van der Waals surface area contributed by atoms with Crippen LogP contribution in [0.5, 0.6) is 11.5 Å². The molecular weight excluding hydrogens is 437 g/mol. The number of hydrogen-bond donors (Lipinski definition) is 0. The quantitative estimate of drug-likeness (QED) is 0.268. The first-order valence-corrected chi connectivity index (χ1v) is 11.1. The van der Waals surface area contributed by atoms with Crippen molar-refractivity contribution < 1.29 is 19.0 Å². The van der Waals surface area contributed by atoms with Crippen LogP contribution < -0.4 is 9.47 Å². The third kappa shape index (κ3) is 7.25. The van der Waals surface area contributed by atoms with Gasteiger partial charge in [0.1, 0.15) is 11.5 Å². The van der Waals surface area contributed by atoms with Crippen LogP contribution in [0, 0.1) is 0 Å². The van der Waals surface area contributed by atoms with E-state index in [2.05, 4.69) is 4.90 Å². The highest BCUT2D eigenvalue weighted by atomic mass is 35.5. The molecule has 1 heterocycles. The highest BCUT2D eigenvalue weighted by molar-refractivity contribution is 6.35. The highest BCUT2D eigenvalue weighted by Gasteiger charge is 2.13. The average Bonchev–Trinajstić information content (AvgIpc) is 2.78. The summed E-state index contributed by atoms with van der Waals surface area (Å²) in [7, 11) is 1.59. The molecule has 1 saturated heterocycles. The van der Waals surface area contributed by atoms with Crippen LogP contribution in [0.2, 0.25) is 10.0 Å². The molecule has 1 aliphatic heterocycles. The molecule has 31 heavy (non-hydrogen) atoms. The Balaban J connectivity index is 1.60. The van der Waals surface area contributed by atoms with Gasteiger partial charge in [-0.15, -0.1) is 0 Å². The molecular formula is C24H27Cl2NO4. The summed E-state index contributed by atoms with van der Waals surface area (Å²) >= 11 is 12.1. The van der Waals surface area contributed by atoms with E-state index in [4.69, 9.17) is 37.4 Å². The van der Waals surface area contributed by atoms with Crippen molar-refractivity contribution in [3.05, 3.63) is 63.6 Å². The van der Waals surface area contributed by atoms with Crippen LogP contribution in [0.3, 0.4) is 0 Å². The van der Waals surface area contributed by atoms with E-state index < -0.39 is 0 Å². The van der Waals surface area contributed by atoms with E-state index in [9.17, 15) is 4.79 Å². The lowest BCUT2D eigenvalue weighted by molar-refractivity contribution is 0.0368. The summed E-state index contributed by atoms with van der Waals surface area (Å²) in [6.45, 7) is 5.14. The number of carbonyl (C=O) groups excluding carboxylic acids is 1. The number of ketones is 1. The van der Waals surface area contributed by atoms with Gasteiger partial charge < -0.3 is 14.2 Å². The minimum Gasteiger partial charge on any atom is -0.497 e. The van der Waals surface area contributed by atoms with Crippen LogP contribution in [0.15, 0.2) is 42.5 Å². The Hall–Kier alpha value is -2.05. The zero-order valence-electron chi connectivity index (χ0n) is 17.6. The van der Waals surface area contributed by atoms with Gasteiger partial charge in [-0.25, -0.2) is 0 Å². The first-order chi connectivity index (χ1) is 15.1. The molecule has 3 rings (SSSR count). The van der Waals surface area contributed by atoms with Crippen LogP contribution in [-0.2, 0) is 4.74 Å². The fourth-order valence-corrected chi connectivity index (χ4v) is 3.76. The molecule has 0 aliphatic carbocycles. The molecule has 0 radical (unpaired) electrons. The summed E-state index contributed by atoms with van der Waals surface area (Å²) in [5.74, 6) is 0.990. The second kappa shape index (κ2) is 12.1. The molecule has 166 valence electrons. The number of methoxy groups -OCH3 is 1. The molecule has 0 unspecified atom stereocenters.